The lowest BCUT2D eigenvalue weighted by Gasteiger charge is -2.40. The first-order valence-electron chi connectivity index (χ1n) is 10.6. The summed E-state index contributed by atoms with van der Waals surface area (Å²) in [7, 11) is 0. The van der Waals surface area contributed by atoms with Gasteiger partial charge in [-0.3, -0.25) is 0 Å². The van der Waals surface area contributed by atoms with Crippen LogP contribution in [0.3, 0.4) is 0 Å². The summed E-state index contributed by atoms with van der Waals surface area (Å²) in [6, 6.07) is 14.4. The van der Waals surface area contributed by atoms with Gasteiger partial charge in [0.1, 0.15) is 12.4 Å². The zero-order valence-corrected chi connectivity index (χ0v) is 16.3. The summed E-state index contributed by atoms with van der Waals surface area (Å²) in [6.45, 7) is 0.533. The summed E-state index contributed by atoms with van der Waals surface area (Å²) >= 11 is 0. The highest BCUT2D eigenvalue weighted by Gasteiger charge is 2.31. The quantitative estimate of drug-likeness (QED) is 0.713. The van der Waals surface area contributed by atoms with Crippen LogP contribution < -0.4 is 15.4 Å². The molecule has 29 heavy (non-hydrogen) atoms. The molecule has 2 N–H and O–H groups in total. The number of hydrogen-bond donors (Lipinski definition) is 2. The lowest BCUT2D eigenvalue weighted by molar-refractivity contribution is 0.230. The minimum absolute atomic E-state index is 0.490. The van der Waals surface area contributed by atoms with Crippen LogP contribution in [-0.4, -0.2) is 32.9 Å². The third kappa shape index (κ3) is 3.17. The van der Waals surface area contributed by atoms with Crippen LogP contribution in [0.25, 0.3) is 16.8 Å². The molecule has 2 bridgehead atoms. The predicted octanol–water partition coefficient (Wildman–Crippen LogP) is 3.91. The van der Waals surface area contributed by atoms with Gasteiger partial charge < -0.3 is 15.4 Å². The molecule has 0 aliphatic carbocycles. The summed E-state index contributed by atoms with van der Waals surface area (Å²) in [5.74, 6) is 1.65. The van der Waals surface area contributed by atoms with Crippen molar-refractivity contribution in [2.75, 3.05) is 5.32 Å². The van der Waals surface area contributed by atoms with Crippen LogP contribution in [-0.2, 0) is 6.61 Å². The number of rotatable bonds is 3. The molecule has 148 valence electrons. The molecule has 6 rings (SSSR count). The minimum Gasteiger partial charge on any atom is -0.472 e. The van der Waals surface area contributed by atoms with Gasteiger partial charge in [0.25, 0.3) is 0 Å². The van der Waals surface area contributed by atoms with Crippen molar-refractivity contribution < 1.29 is 4.74 Å². The van der Waals surface area contributed by atoms with Gasteiger partial charge in [-0.25, -0.2) is 4.68 Å². The summed E-state index contributed by atoms with van der Waals surface area (Å²) in [4.78, 5) is 4.80. The molecule has 0 radical (unpaired) electrons. The molecule has 2 saturated heterocycles. The lowest BCUT2D eigenvalue weighted by Crippen LogP contribution is -2.52. The normalized spacial score (nSPS) is 24.9. The van der Waals surface area contributed by atoms with E-state index in [0.717, 1.165) is 22.9 Å². The van der Waals surface area contributed by atoms with Crippen molar-refractivity contribution in [3.05, 3.63) is 54.4 Å². The first-order chi connectivity index (χ1) is 14.3. The highest BCUT2D eigenvalue weighted by Crippen LogP contribution is 2.38. The van der Waals surface area contributed by atoms with E-state index in [-0.39, 0.29) is 0 Å². The van der Waals surface area contributed by atoms with E-state index in [2.05, 4.69) is 46.1 Å². The summed E-state index contributed by atoms with van der Waals surface area (Å²) in [6.07, 6.45) is 10.1. The van der Waals surface area contributed by atoms with Crippen molar-refractivity contribution in [3.63, 3.8) is 0 Å². The summed E-state index contributed by atoms with van der Waals surface area (Å²) in [5.41, 5.74) is 4.46. The molecule has 0 unspecified atom stereocenters. The van der Waals surface area contributed by atoms with Gasteiger partial charge in [0.15, 0.2) is 0 Å². The zero-order chi connectivity index (χ0) is 19.2. The van der Waals surface area contributed by atoms with Crippen molar-refractivity contribution in [3.8, 4) is 22.7 Å². The van der Waals surface area contributed by atoms with Gasteiger partial charge in [-0.15, -0.1) is 0 Å². The van der Waals surface area contributed by atoms with Gasteiger partial charge in [-0.2, -0.15) is 10.1 Å². The van der Waals surface area contributed by atoms with Crippen molar-refractivity contribution in [2.45, 2.75) is 56.8 Å². The third-order valence-electron chi connectivity index (χ3n) is 6.44. The van der Waals surface area contributed by atoms with Crippen molar-refractivity contribution in [1.82, 2.24) is 20.1 Å². The van der Waals surface area contributed by atoms with Gasteiger partial charge in [0, 0.05) is 36.1 Å². The first kappa shape index (κ1) is 17.0. The van der Waals surface area contributed by atoms with Crippen LogP contribution in [0, 0.1) is 0 Å². The average molecular weight is 387 g/mol. The largest absolute Gasteiger partial charge is 0.472 e. The Hall–Kier alpha value is -2.86. The van der Waals surface area contributed by atoms with Gasteiger partial charge >= 0.3 is 0 Å². The zero-order valence-electron chi connectivity index (χ0n) is 16.3. The summed E-state index contributed by atoms with van der Waals surface area (Å²) in [5, 5.41) is 11.7. The van der Waals surface area contributed by atoms with E-state index in [1.54, 1.807) is 6.20 Å². The van der Waals surface area contributed by atoms with Gasteiger partial charge in [-0.05, 0) is 67.1 Å². The topological polar surface area (TPSA) is 64.0 Å². The molecule has 3 aromatic rings. The Bertz CT molecular complexity index is 1020. The Morgan fingerprint density at radius 2 is 1.93 bits per heavy atom. The molecule has 3 aliphatic rings. The van der Waals surface area contributed by atoms with E-state index in [1.165, 1.54) is 43.2 Å². The molecule has 0 amide bonds. The Balaban J connectivity index is 1.24. The van der Waals surface area contributed by atoms with E-state index in [4.69, 9.17) is 9.72 Å². The lowest BCUT2D eigenvalue weighted by atomic mass is 9.84. The van der Waals surface area contributed by atoms with Crippen LogP contribution in [0.2, 0.25) is 0 Å². The highest BCUT2D eigenvalue weighted by molar-refractivity contribution is 5.75. The molecule has 0 spiro atoms. The predicted molar refractivity (Wildman–Crippen MR) is 112 cm³/mol. The maximum absolute atomic E-state index is 6.03. The molecule has 5 heterocycles. The second-order valence-corrected chi connectivity index (χ2v) is 8.43. The van der Waals surface area contributed by atoms with Crippen molar-refractivity contribution >= 4 is 5.82 Å². The molecule has 2 atom stereocenters. The molecule has 1 aromatic carbocycles. The molecular formula is C23H25N5O. The number of benzene rings is 1. The summed E-state index contributed by atoms with van der Waals surface area (Å²) < 4.78 is 7.90. The molecular weight excluding hydrogens is 362 g/mol. The van der Waals surface area contributed by atoms with E-state index in [9.17, 15) is 0 Å². The molecule has 6 heteroatoms. The molecule has 6 nitrogen and oxygen atoms in total. The van der Waals surface area contributed by atoms with Gasteiger partial charge in [0.2, 0.25) is 5.88 Å². The maximum Gasteiger partial charge on any atom is 0.223 e. The van der Waals surface area contributed by atoms with Crippen molar-refractivity contribution in [2.24, 2.45) is 0 Å². The highest BCUT2D eigenvalue weighted by atomic mass is 16.5. The third-order valence-corrected chi connectivity index (χ3v) is 6.44. The number of aromatic nitrogens is 3. The molecule has 0 saturated carbocycles. The van der Waals surface area contributed by atoms with Gasteiger partial charge in [0.05, 0.1) is 5.69 Å². The van der Waals surface area contributed by atoms with Crippen LogP contribution in [0.5, 0.6) is 5.88 Å². The van der Waals surface area contributed by atoms with E-state index < -0.39 is 0 Å². The van der Waals surface area contributed by atoms with Gasteiger partial charge in [-0.1, -0.05) is 12.5 Å². The smallest absolute Gasteiger partial charge is 0.223 e. The van der Waals surface area contributed by atoms with Crippen molar-refractivity contribution in [1.29, 1.82) is 0 Å². The van der Waals surface area contributed by atoms with Crippen LogP contribution in [0.4, 0.5) is 5.82 Å². The van der Waals surface area contributed by atoms with E-state index >= 15 is 0 Å². The number of pyridine rings is 1. The molecule has 2 aromatic heterocycles. The van der Waals surface area contributed by atoms with E-state index in [1.807, 2.05) is 16.9 Å². The minimum atomic E-state index is 0.490. The monoisotopic (exact) mass is 387 g/mol. The number of ether oxygens (including phenoxy) is 1. The molecule has 2 fully saturated rings. The van der Waals surface area contributed by atoms with E-state index in [0.29, 0.717) is 24.7 Å². The Morgan fingerprint density at radius 3 is 2.76 bits per heavy atom. The number of nitrogens with one attached hydrogen (secondary N) is 2. The Morgan fingerprint density at radius 1 is 1.07 bits per heavy atom. The second-order valence-electron chi connectivity index (χ2n) is 8.43. The number of fused-ring (bicyclic) bond motifs is 5. The number of anilines is 1. The SMILES string of the molecule is c1cnn(-c2ccc3c(c2)COc2nc(NC4C[C@@H]5CCC[C@@H](C4)N5)ccc2-3)c1. The number of hydrogen-bond acceptors (Lipinski definition) is 5. The fraction of sp³-hybridized carbons (Fsp3) is 0.391. The van der Waals surface area contributed by atoms with Crippen LogP contribution in [0.15, 0.2) is 48.8 Å². The standard InChI is InChI=1S/C23H25N5O/c1-3-16-12-18(13-17(4-1)25-16)26-22-8-7-21-20-6-5-19(28-10-2-9-24-28)11-15(20)14-29-23(21)27-22/h2,5-11,16-18,25H,1,3-4,12-14H2,(H,26,27)/t16-,17-/m0/s1. The molecule has 3 aliphatic heterocycles. The Labute approximate surface area is 170 Å². The number of piperidine rings is 2. The maximum atomic E-state index is 6.03. The fourth-order valence-electron chi connectivity index (χ4n) is 5.10. The fourth-order valence-corrected chi connectivity index (χ4v) is 5.10. The van der Waals surface area contributed by atoms with Crippen LogP contribution in [0.1, 0.15) is 37.7 Å². The number of nitrogens with zero attached hydrogens (tertiary/aromatic N) is 3. The first-order valence-corrected chi connectivity index (χ1v) is 10.6. The van der Waals surface area contributed by atoms with Crippen LogP contribution >= 0.6 is 0 Å². The Kier molecular flexibility index (Phi) is 4.04. The second kappa shape index (κ2) is 6.88. The average Bonchev–Trinajstić information content (AvgIpc) is 3.28.